The Labute approximate surface area is 208 Å². The standard InChI is InChI=1S/C29H51NO4/c1-24(2)14-12-10-8-6-4-3-5-7-9-11-13-21-30-27-18-15-25(16-19-27)26(17-20-29(33)34)22-28(32)23-31/h15-16,18-19,24,26,28,30-32H,3-14,17,20-23H2,1-2H3,(H,33,34). The lowest BCUT2D eigenvalue weighted by Crippen LogP contribution is -2.17. The fourth-order valence-electron chi connectivity index (χ4n) is 4.50. The second-order valence-corrected chi connectivity index (χ2v) is 10.3. The van der Waals surface area contributed by atoms with E-state index in [2.05, 4.69) is 19.2 Å². The number of hydrogen-bond acceptors (Lipinski definition) is 4. The van der Waals surface area contributed by atoms with E-state index in [0.717, 1.165) is 23.7 Å². The van der Waals surface area contributed by atoms with E-state index < -0.39 is 12.1 Å². The van der Waals surface area contributed by atoms with Crippen LogP contribution in [0.1, 0.15) is 122 Å². The Balaban J connectivity index is 2.12. The van der Waals surface area contributed by atoms with E-state index in [1.807, 2.05) is 24.3 Å². The lowest BCUT2D eigenvalue weighted by atomic mass is 9.89. The highest BCUT2D eigenvalue weighted by Crippen LogP contribution is 2.27. The Morgan fingerprint density at radius 3 is 1.85 bits per heavy atom. The van der Waals surface area contributed by atoms with Gasteiger partial charge in [0.05, 0.1) is 12.7 Å². The van der Waals surface area contributed by atoms with Crippen LogP contribution < -0.4 is 5.32 Å². The molecule has 0 aromatic heterocycles. The predicted octanol–water partition coefficient (Wildman–Crippen LogP) is 7.13. The van der Waals surface area contributed by atoms with Crippen molar-refractivity contribution in [2.45, 2.75) is 122 Å². The summed E-state index contributed by atoms with van der Waals surface area (Å²) in [5.74, 6) is -0.0597. The van der Waals surface area contributed by atoms with Gasteiger partial charge in [-0.1, -0.05) is 96.6 Å². The average Bonchev–Trinajstić information content (AvgIpc) is 2.81. The molecular formula is C29H51NO4. The monoisotopic (exact) mass is 477 g/mol. The van der Waals surface area contributed by atoms with Gasteiger partial charge in [0.2, 0.25) is 0 Å². The van der Waals surface area contributed by atoms with E-state index in [0.29, 0.717) is 12.8 Å². The van der Waals surface area contributed by atoms with Crippen LogP contribution in [-0.2, 0) is 4.79 Å². The first-order valence-corrected chi connectivity index (χ1v) is 13.8. The number of unbranched alkanes of at least 4 members (excludes halogenated alkanes) is 10. The van der Waals surface area contributed by atoms with E-state index in [9.17, 15) is 9.90 Å². The number of rotatable bonds is 22. The van der Waals surface area contributed by atoms with Gasteiger partial charge in [-0.05, 0) is 48.8 Å². The number of carboxylic acids is 1. The summed E-state index contributed by atoms with van der Waals surface area (Å²) >= 11 is 0. The first-order chi connectivity index (χ1) is 16.4. The molecule has 0 aliphatic rings. The molecular weight excluding hydrogens is 426 g/mol. The number of aliphatic carboxylic acids is 1. The number of carboxylic acid groups (broad SMARTS) is 1. The van der Waals surface area contributed by atoms with Crippen LogP contribution in [0.4, 0.5) is 5.69 Å². The van der Waals surface area contributed by atoms with Crippen LogP contribution in [0.5, 0.6) is 0 Å². The van der Waals surface area contributed by atoms with Crippen LogP contribution in [0, 0.1) is 5.92 Å². The highest BCUT2D eigenvalue weighted by atomic mass is 16.4. The minimum atomic E-state index is -0.839. The summed E-state index contributed by atoms with van der Waals surface area (Å²) in [6.07, 6.45) is 16.3. The van der Waals surface area contributed by atoms with Crippen molar-refractivity contribution in [3.63, 3.8) is 0 Å². The van der Waals surface area contributed by atoms with Gasteiger partial charge in [0.15, 0.2) is 0 Å². The molecule has 196 valence electrons. The minimum Gasteiger partial charge on any atom is -0.481 e. The Morgan fingerprint density at radius 1 is 0.824 bits per heavy atom. The molecule has 5 heteroatoms. The van der Waals surface area contributed by atoms with Crippen molar-refractivity contribution >= 4 is 11.7 Å². The maximum absolute atomic E-state index is 10.9. The first kappa shape index (κ1) is 30.4. The molecule has 0 bridgehead atoms. The molecule has 34 heavy (non-hydrogen) atoms. The highest BCUT2D eigenvalue weighted by molar-refractivity contribution is 5.66. The number of aliphatic hydroxyl groups excluding tert-OH is 2. The van der Waals surface area contributed by atoms with Gasteiger partial charge in [-0.15, -0.1) is 0 Å². The van der Waals surface area contributed by atoms with Gasteiger partial charge in [-0.25, -0.2) is 0 Å². The molecule has 0 spiro atoms. The van der Waals surface area contributed by atoms with Crippen molar-refractivity contribution in [1.82, 2.24) is 0 Å². The molecule has 1 rings (SSSR count). The van der Waals surface area contributed by atoms with E-state index >= 15 is 0 Å². The minimum absolute atomic E-state index is 0.0568. The van der Waals surface area contributed by atoms with Crippen LogP contribution in [0.15, 0.2) is 24.3 Å². The molecule has 0 heterocycles. The number of hydrogen-bond donors (Lipinski definition) is 4. The van der Waals surface area contributed by atoms with Crippen LogP contribution in [-0.4, -0.2) is 40.5 Å². The van der Waals surface area contributed by atoms with Crippen LogP contribution in [0.25, 0.3) is 0 Å². The molecule has 1 aromatic carbocycles. The molecule has 2 atom stereocenters. The van der Waals surface area contributed by atoms with E-state index in [-0.39, 0.29) is 18.9 Å². The summed E-state index contributed by atoms with van der Waals surface area (Å²) in [6.45, 7) is 5.28. The van der Waals surface area contributed by atoms with Crippen molar-refractivity contribution in [2.75, 3.05) is 18.5 Å². The number of aliphatic hydroxyl groups is 2. The zero-order valence-electron chi connectivity index (χ0n) is 21.8. The largest absolute Gasteiger partial charge is 0.481 e. The fraction of sp³-hybridized carbons (Fsp3) is 0.759. The van der Waals surface area contributed by atoms with Gasteiger partial charge < -0.3 is 20.6 Å². The van der Waals surface area contributed by atoms with E-state index in [4.69, 9.17) is 10.2 Å². The van der Waals surface area contributed by atoms with Crippen LogP contribution in [0.2, 0.25) is 0 Å². The number of anilines is 1. The number of carbonyl (C=O) groups is 1. The van der Waals surface area contributed by atoms with Crippen LogP contribution in [0.3, 0.4) is 0 Å². The summed E-state index contributed by atoms with van der Waals surface area (Å²) in [5, 5.41) is 31.4. The Hall–Kier alpha value is -1.59. The third-order valence-corrected chi connectivity index (χ3v) is 6.64. The lowest BCUT2D eigenvalue weighted by Gasteiger charge is -2.19. The number of benzene rings is 1. The summed E-state index contributed by atoms with van der Waals surface area (Å²) in [7, 11) is 0. The number of nitrogens with one attached hydrogen (secondary N) is 1. The third-order valence-electron chi connectivity index (χ3n) is 6.64. The maximum atomic E-state index is 10.9. The zero-order valence-corrected chi connectivity index (χ0v) is 21.8. The lowest BCUT2D eigenvalue weighted by molar-refractivity contribution is -0.137. The molecule has 0 saturated heterocycles. The van der Waals surface area contributed by atoms with Crippen molar-refractivity contribution in [3.05, 3.63) is 29.8 Å². The topological polar surface area (TPSA) is 89.8 Å². The summed E-state index contributed by atoms with van der Waals surface area (Å²) in [5.41, 5.74) is 2.08. The Bertz CT molecular complexity index is 617. The molecule has 0 aliphatic heterocycles. The summed E-state index contributed by atoms with van der Waals surface area (Å²) in [4.78, 5) is 10.9. The molecule has 2 unspecified atom stereocenters. The molecule has 0 aliphatic carbocycles. The summed E-state index contributed by atoms with van der Waals surface area (Å²) < 4.78 is 0. The Morgan fingerprint density at radius 2 is 1.35 bits per heavy atom. The molecule has 1 aromatic rings. The van der Waals surface area contributed by atoms with Crippen molar-refractivity contribution in [1.29, 1.82) is 0 Å². The van der Waals surface area contributed by atoms with Crippen molar-refractivity contribution < 1.29 is 20.1 Å². The molecule has 0 amide bonds. The SMILES string of the molecule is CC(C)CCCCCCCCCCCCCNc1ccc(C(CCC(=O)O)CC(O)CO)cc1. The molecule has 5 nitrogen and oxygen atoms in total. The highest BCUT2D eigenvalue weighted by Gasteiger charge is 2.17. The third kappa shape index (κ3) is 16.1. The van der Waals surface area contributed by atoms with Gasteiger partial charge in [0.25, 0.3) is 0 Å². The van der Waals surface area contributed by atoms with Crippen molar-refractivity contribution in [3.8, 4) is 0 Å². The van der Waals surface area contributed by atoms with Gasteiger partial charge >= 0.3 is 5.97 Å². The second kappa shape index (κ2) is 19.7. The maximum Gasteiger partial charge on any atom is 0.303 e. The van der Waals surface area contributed by atoms with Gasteiger partial charge in [-0.2, -0.15) is 0 Å². The fourth-order valence-corrected chi connectivity index (χ4v) is 4.50. The van der Waals surface area contributed by atoms with Gasteiger partial charge in [0.1, 0.15) is 0 Å². The molecule has 4 N–H and O–H groups in total. The predicted molar refractivity (Wildman–Crippen MR) is 142 cm³/mol. The summed E-state index contributed by atoms with van der Waals surface area (Å²) in [6, 6.07) is 8.06. The van der Waals surface area contributed by atoms with E-state index in [1.54, 1.807) is 0 Å². The smallest absolute Gasteiger partial charge is 0.303 e. The van der Waals surface area contributed by atoms with Gasteiger partial charge in [0, 0.05) is 18.7 Å². The van der Waals surface area contributed by atoms with Crippen LogP contribution >= 0.6 is 0 Å². The first-order valence-electron chi connectivity index (χ1n) is 13.8. The second-order valence-electron chi connectivity index (χ2n) is 10.3. The molecule has 0 radical (unpaired) electrons. The van der Waals surface area contributed by atoms with E-state index in [1.165, 1.54) is 77.0 Å². The van der Waals surface area contributed by atoms with Crippen molar-refractivity contribution in [2.24, 2.45) is 5.92 Å². The Kier molecular flexibility index (Phi) is 17.6. The normalized spacial score (nSPS) is 13.2. The van der Waals surface area contributed by atoms with Gasteiger partial charge in [-0.3, -0.25) is 4.79 Å². The molecule has 0 fully saturated rings. The molecule has 0 saturated carbocycles. The zero-order chi connectivity index (χ0) is 25.0. The average molecular weight is 478 g/mol. The quantitative estimate of drug-likeness (QED) is 0.133.